The van der Waals surface area contributed by atoms with Gasteiger partial charge in [-0.15, -0.1) is 0 Å². The number of halogens is 4. The second-order valence-corrected chi connectivity index (χ2v) is 5.26. The van der Waals surface area contributed by atoms with Crippen molar-refractivity contribution in [2.24, 2.45) is 0 Å². The van der Waals surface area contributed by atoms with E-state index in [0.29, 0.717) is 0 Å². The lowest BCUT2D eigenvalue weighted by atomic mass is 10.1. The van der Waals surface area contributed by atoms with Gasteiger partial charge in [0.25, 0.3) is 0 Å². The van der Waals surface area contributed by atoms with Crippen molar-refractivity contribution in [2.45, 2.75) is 25.6 Å². The minimum Gasteiger partial charge on any atom is -0.450 e. The molecule has 0 saturated heterocycles. The highest BCUT2D eigenvalue weighted by Crippen LogP contribution is 2.30. The highest BCUT2D eigenvalue weighted by atomic mass is 19.3. The van der Waals surface area contributed by atoms with Crippen molar-refractivity contribution in [2.75, 3.05) is 0 Å². The molecule has 26 heavy (non-hydrogen) atoms. The Bertz CT molecular complexity index is 761. The van der Waals surface area contributed by atoms with E-state index in [9.17, 15) is 27.2 Å². The first-order chi connectivity index (χ1) is 12.2. The van der Waals surface area contributed by atoms with Crippen LogP contribution in [0.3, 0.4) is 0 Å². The number of carbonyl (C=O) groups is 2. The number of carbonyl (C=O) groups excluding carboxylic acids is 2. The van der Waals surface area contributed by atoms with E-state index in [2.05, 4.69) is 9.47 Å². The standard InChI is InChI=1S/C18H14F4O4/c1-11(15(23)12-7-9-14(10-8-12)26-17(19)20)25-16(24)18(21,22)13-5-3-2-4-6-13/h2-11,17H,1H3. The molecule has 1 atom stereocenters. The van der Waals surface area contributed by atoms with Crippen molar-refractivity contribution in [3.63, 3.8) is 0 Å². The number of ketones is 1. The first kappa shape index (κ1) is 19.4. The summed E-state index contributed by atoms with van der Waals surface area (Å²) in [7, 11) is 0. The highest BCUT2D eigenvalue weighted by Gasteiger charge is 2.44. The molecule has 0 amide bonds. The van der Waals surface area contributed by atoms with E-state index in [4.69, 9.17) is 0 Å². The van der Waals surface area contributed by atoms with Gasteiger partial charge in [-0.25, -0.2) is 4.79 Å². The lowest BCUT2D eigenvalue weighted by Crippen LogP contribution is -2.34. The highest BCUT2D eigenvalue weighted by molar-refractivity contribution is 6.00. The minimum absolute atomic E-state index is 0.00468. The molecular formula is C18H14F4O4. The molecule has 0 bridgehead atoms. The fraction of sp³-hybridized carbons (Fsp3) is 0.222. The monoisotopic (exact) mass is 370 g/mol. The Hall–Kier alpha value is -2.90. The maximum atomic E-state index is 14.1. The summed E-state index contributed by atoms with van der Waals surface area (Å²) >= 11 is 0. The molecule has 1 unspecified atom stereocenters. The molecule has 4 nitrogen and oxygen atoms in total. The van der Waals surface area contributed by atoms with Crippen LogP contribution in [0.5, 0.6) is 5.75 Å². The molecule has 0 aromatic heterocycles. The molecule has 0 N–H and O–H groups in total. The number of Topliss-reactive ketones (excluding diaryl/α,β-unsaturated/α-hetero) is 1. The van der Waals surface area contributed by atoms with Crippen LogP contribution in [-0.2, 0) is 15.5 Å². The summed E-state index contributed by atoms with van der Waals surface area (Å²) in [6, 6.07) is 10.9. The van der Waals surface area contributed by atoms with E-state index in [1.165, 1.54) is 30.3 Å². The van der Waals surface area contributed by atoms with Crippen molar-refractivity contribution >= 4 is 11.8 Å². The zero-order chi connectivity index (χ0) is 19.3. The summed E-state index contributed by atoms with van der Waals surface area (Å²) in [4.78, 5) is 23.9. The van der Waals surface area contributed by atoms with E-state index >= 15 is 0 Å². The normalized spacial score (nSPS) is 12.5. The van der Waals surface area contributed by atoms with Crippen LogP contribution >= 0.6 is 0 Å². The summed E-state index contributed by atoms with van der Waals surface area (Å²) in [5.74, 6) is -6.70. The summed E-state index contributed by atoms with van der Waals surface area (Å²) in [6.45, 7) is -1.87. The summed E-state index contributed by atoms with van der Waals surface area (Å²) in [5.41, 5.74) is -0.562. The van der Waals surface area contributed by atoms with Crippen LogP contribution in [0.2, 0.25) is 0 Å². The Balaban J connectivity index is 2.05. The van der Waals surface area contributed by atoms with Crippen molar-refractivity contribution in [3.05, 3.63) is 65.7 Å². The van der Waals surface area contributed by atoms with Gasteiger partial charge in [0.15, 0.2) is 6.10 Å². The van der Waals surface area contributed by atoms with Gasteiger partial charge in [0.1, 0.15) is 5.75 Å². The van der Waals surface area contributed by atoms with E-state index in [0.717, 1.165) is 31.2 Å². The third-order valence-corrected chi connectivity index (χ3v) is 3.41. The Morgan fingerprint density at radius 1 is 0.962 bits per heavy atom. The third kappa shape index (κ3) is 4.59. The molecule has 0 radical (unpaired) electrons. The quantitative estimate of drug-likeness (QED) is 0.417. The number of ether oxygens (including phenoxy) is 2. The van der Waals surface area contributed by atoms with Crippen LogP contribution in [-0.4, -0.2) is 24.5 Å². The average molecular weight is 370 g/mol. The zero-order valence-corrected chi connectivity index (χ0v) is 13.5. The molecule has 0 heterocycles. The number of hydrogen-bond acceptors (Lipinski definition) is 4. The second-order valence-electron chi connectivity index (χ2n) is 5.26. The predicted molar refractivity (Wildman–Crippen MR) is 83.3 cm³/mol. The maximum Gasteiger partial charge on any atom is 0.387 e. The third-order valence-electron chi connectivity index (χ3n) is 3.41. The molecule has 0 spiro atoms. The van der Waals surface area contributed by atoms with Crippen LogP contribution in [0.25, 0.3) is 0 Å². The summed E-state index contributed by atoms with van der Waals surface area (Å²) < 4.78 is 61.1. The van der Waals surface area contributed by atoms with Crippen LogP contribution in [0.4, 0.5) is 17.6 Å². The van der Waals surface area contributed by atoms with Gasteiger partial charge >= 0.3 is 18.5 Å². The van der Waals surface area contributed by atoms with E-state index in [1.807, 2.05) is 0 Å². The molecule has 2 aromatic carbocycles. The van der Waals surface area contributed by atoms with E-state index < -0.39 is 36.0 Å². The van der Waals surface area contributed by atoms with Gasteiger partial charge in [-0.05, 0) is 31.2 Å². The summed E-state index contributed by atoms with van der Waals surface area (Å²) in [6.07, 6.45) is -1.49. The van der Waals surface area contributed by atoms with Gasteiger partial charge in [0.05, 0.1) is 0 Å². The molecule has 0 aliphatic carbocycles. The molecule has 0 fully saturated rings. The predicted octanol–water partition coefficient (Wildman–Crippen LogP) is 4.19. The van der Waals surface area contributed by atoms with Crippen molar-refractivity contribution in [1.82, 2.24) is 0 Å². The zero-order valence-electron chi connectivity index (χ0n) is 13.5. The molecular weight excluding hydrogens is 356 g/mol. The average Bonchev–Trinajstić information content (AvgIpc) is 2.61. The second kappa shape index (κ2) is 7.99. The SMILES string of the molecule is CC(OC(=O)C(F)(F)c1ccccc1)C(=O)c1ccc(OC(F)F)cc1. The number of benzene rings is 2. The number of hydrogen-bond donors (Lipinski definition) is 0. The van der Waals surface area contributed by atoms with Gasteiger partial charge < -0.3 is 9.47 Å². The van der Waals surface area contributed by atoms with Gasteiger partial charge in [0.2, 0.25) is 5.78 Å². The van der Waals surface area contributed by atoms with Crippen molar-refractivity contribution in [1.29, 1.82) is 0 Å². The van der Waals surface area contributed by atoms with Crippen LogP contribution in [0, 0.1) is 0 Å². The van der Waals surface area contributed by atoms with Gasteiger partial charge in [-0.3, -0.25) is 4.79 Å². The molecule has 138 valence electrons. The molecule has 2 rings (SSSR count). The molecule has 2 aromatic rings. The van der Waals surface area contributed by atoms with Crippen LogP contribution in [0.1, 0.15) is 22.8 Å². The molecule has 8 heteroatoms. The Morgan fingerprint density at radius 3 is 2.08 bits per heavy atom. The minimum atomic E-state index is -3.91. The topological polar surface area (TPSA) is 52.6 Å². The molecule has 0 aliphatic rings. The lowest BCUT2D eigenvalue weighted by Gasteiger charge is -2.18. The Labute approximate surface area is 146 Å². The summed E-state index contributed by atoms with van der Waals surface area (Å²) in [5, 5.41) is 0. The number of esters is 1. The van der Waals surface area contributed by atoms with Gasteiger partial charge in [0, 0.05) is 11.1 Å². The first-order valence-electron chi connectivity index (χ1n) is 7.45. The van der Waals surface area contributed by atoms with Gasteiger partial charge in [-0.1, -0.05) is 30.3 Å². The Morgan fingerprint density at radius 2 is 1.54 bits per heavy atom. The van der Waals surface area contributed by atoms with E-state index in [-0.39, 0.29) is 11.3 Å². The fourth-order valence-corrected chi connectivity index (χ4v) is 2.09. The smallest absolute Gasteiger partial charge is 0.387 e. The largest absolute Gasteiger partial charge is 0.450 e. The lowest BCUT2D eigenvalue weighted by molar-refractivity contribution is -0.176. The Kier molecular flexibility index (Phi) is 5.97. The van der Waals surface area contributed by atoms with Crippen molar-refractivity contribution in [3.8, 4) is 5.75 Å². The first-order valence-corrected chi connectivity index (χ1v) is 7.45. The number of rotatable bonds is 7. The van der Waals surface area contributed by atoms with Gasteiger partial charge in [-0.2, -0.15) is 17.6 Å². The van der Waals surface area contributed by atoms with E-state index in [1.54, 1.807) is 0 Å². The fourth-order valence-electron chi connectivity index (χ4n) is 2.09. The molecule has 0 saturated carbocycles. The maximum absolute atomic E-state index is 14.1. The molecule has 0 aliphatic heterocycles. The van der Waals surface area contributed by atoms with Crippen LogP contribution < -0.4 is 4.74 Å². The van der Waals surface area contributed by atoms with Crippen LogP contribution in [0.15, 0.2) is 54.6 Å². The number of alkyl halides is 4. The van der Waals surface area contributed by atoms with Crippen molar-refractivity contribution < 1.29 is 36.6 Å².